The summed E-state index contributed by atoms with van der Waals surface area (Å²) in [6, 6.07) is 13.9. The van der Waals surface area contributed by atoms with Crippen LogP contribution in [-0.2, 0) is 4.79 Å². The molecular formula is C18H16N2O2S. The first-order valence-electron chi connectivity index (χ1n) is 7.22. The average molecular weight is 324 g/mol. The van der Waals surface area contributed by atoms with Gasteiger partial charge in [-0.3, -0.25) is 14.5 Å². The lowest BCUT2D eigenvalue weighted by Gasteiger charge is -2.10. The number of carbonyl (C=O) groups excluding carboxylic acids is 2. The number of imide groups is 1. The number of hydrogen-bond acceptors (Lipinski definition) is 3. The lowest BCUT2D eigenvalue weighted by molar-refractivity contribution is -0.122. The summed E-state index contributed by atoms with van der Waals surface area (Å²) in [7, 11) is 0. The molecule has 1 aromatic carbocycles. The molecule has 2 amide bonds. The van der Waals surface area contributed by atoms with E-state index < -0.39 is 0 Å². The Balaban J connectivity index is 2.00. The molecule has 1 aliphatic heterocycles. The van der Waals surface area contributed by atoms with E-state index >= 15 is 0 Å². The zero-order valence-electron chi connectivity index (χ0n) is 12.7. The number of para-hydroxylation sites is 1. The lowest BCUT2D eigenvalue weighted by Crippen LogP contribution is -2.27. The summed E-state index contributed by atoms with van der Waals surface area (Å²) < 4.78 is 2.06. The van der Waals surface area contributed by atoms with Gasteiger partial charge in [-0.05, 0) is 49.0 Å². The predicted octanol–water partition coefficient (Wildman–Crippen LogP) is 4.01. The van der Waals surface area contributed by atoms with Crippen molar-refractivity contribution in [3.05, 3.63) is 71.4 Å². The largest absolute Gasteiger partial charge is 0.314 e. The second-order valence-corrected chi connectivity index (χ2v) is 6.14. The molecule has 5 heteroatoms. The van der Waals surface area contributed by atoms with Gasteiger partial charge in [0.05, 0.1) is 4.91 Å². The summed E-state index contributed by atoms with van der Waals surface area (Å²) in [6.07, 6.45) is 3.32. The Bertz CT molecular complexity index is 806. The van der Waals surface area contributed by atoms with Crippen molar-refractivity contribution in [2.75, 3.05) is 6.54 Å². The maximum atomic E-state index is 12.3. The fraction of sp³-hybridized carbons (Fsp3) is 0.111. The maximum absolute atomic E-state index is 12.3. The number of aromatic nitrogens is 1. The summed E-state index contributed by atoms with van der Waals surface area (Å²) in [4.78, 5) is 25.9. The quantitative estimate of drug-likeness (QED) is 0.630. The monoisotopic (exact) mass is 324 g/mol. The summed E-state index contributed by atoms with van der Waals surface area (Å²) >= 11 is 0.967. The van der Waals surface area contributed by atoms with Crippen molar-refractivity contribution in [1.29, 1.82) is 0 Å². The van der Waals surface area contributed by atoms with Gasteiger partial charge in [-0.1, -0.05) is 24.3 Å². The van der Waals surface area contributed by atoms with Crippen molar-refractivity contribution in [2.45, 2.75) is 6.92 Å². The van der Waals surface area contributed by atoms with Crippen LogP contribution in [0.4, 0.5) is 4.79 Å². The molecule has 0 saturated carbocycles. The minimum atomic E-state index is -0.265. The van der Waals surface area contributed by atoms with Crippen LogP contribution >= 0.6 is 11.8 Å². The van der Waals surface area contributed by atoms with Crippen molar-refractivity contribution in [3.8, 4) is 5.69 Å². The molecule has 0 atom stereocenters. The molecule has 1 aromatic heterocycles. The second-order valence-electron chi connectivity index (χ2n) is 5.15. The van der Waals surface area contributed by atoms with E-state index in [1.165, 1.54) is 4.90 Å². The van der Waals surface area contributed by atoms with E-state index in [1.54, 1.807) is 12.2 Å². The van der Waals surface area contributed by atoms with E-state index in [-0.39, 0.29) is 17.7 Å². The van der Waals surface area contributed by atoms with Gasteiger partial charge in [0.2, 0.25) is 0 Å². The smallest absolute Gasteiger partial charge is 0.293 e. The SMILES string of the molecule is C=CCN1C(=O)S/C(=C\c2ccc(C)n2-c2ccccc2)C1=O. The van der Waals surface area contributed by atoms with Gasteiger partial charge in [-0.25, -0.2) is 0 Å². The highest BCUT2D eigenvalue weighted by Crippen LogP contribution is 2.32. The molecule has 23 heavy (non-hydrogen) atoms. The molecule has 0 spiro atoms. The summed E-state index contributed by atoms with van der Waals surface area (Å²) in [5.74, 6) is -0.265. The standard InChI is InChI=1S/C18H16N2O2S/c1-3-11-19-17(21)16(23-18(19)22)12-15-10-9-13(2)20(15)14-7-5-4-6-8-14/h3-10,12H,1,11H2,2H3/b16-12-. The van der Waals surface area contributed by atoms with Crippen LogP contribution in [0.2, 0.25) is 0 Å². The van der Waals surface area contributed by atoms with Crippen molar-refractivity contribution in [1.82, 2.24) is 9.47 Å². The Morgan fingerprint density at radius 1 is 1.13 bits per heavy atom. The average Bonchev–Trinajstić information content (AvgIpc) is 3.04. The van der Waals surface area contributed by atoms with E-state index in [0.717, 1.165) is 28.8 Å². The van der Waals surface area contributed by atoms with E-state index in [2.05, 4.69) is 11.1 Å². The molecule has 1 aliphatic rings. The van der Waals surface area contributed by atoms with E-state index in [0.29, 0.717) is 4.91 Å². The normalized spacial score (nSPS) is 16.4. The molecule has 2 heterocycles. The minimum Gasteiger partial charge on any atom is -0.314 e. The Morgan fingerprint density at radius 2 is 1.87 bits per heavy atom. The number of carbonyl (C=O) groups is 2. The van der Waals surface area contributed by atoms with Gasteiger partial charge in [0, 0.05) is 23.6 Å². The third-order valence-corrected chi connectivity index (χ3v) is 4.49. The predicted molar refractivity (Wildman–Crippen MR) is 93.4 cm³/mol. The summed E-state index contributed by atoms with van der Waals surface area (Å²) in [5.41, 5.74) is 2.96. The van der Waals surface area contributed by atoms with Gasteiger partial charge >= 0.3 is 0 Å². The van der Waals surface area contributed by atoms with E-state index in [4.69, 9.17) is 0 Å². The first-order valence-corrected chi connectivity index (χ1v) is 8.03. The molecule has 0 radical (unpaired) electrons. The fourth-order valence-electron chi connectivity index (χ4n) is 2.52. The number of thioether (sulfide) groups is 1. The van der Waals surface area contributed by atoms with Crippen molar-refractivity contribution < 1.29 is 9.59 Å². The van der Waals surface area contributed by atoms with Gasteiger partial charge in [-0.2, -0.15) is 0 Å². The topological polar surface area (TPSA) is 42.3 Å². The Labute approximate surface area is 139 Å². The van der Waals surface area contributed by atoms with Crippen LogP contribution < -0.4 is 0 Å². The van der Waals surface area contributed by atoms with E-state index in [1.807, 2.05) is 49.4 Å². The highest BCUT2D eigenvalue weighted by molar-refractivity contribution is 8.18. The Kier molecular flexibility index (Phi) is 4.21. The zero-order chi connectivity index (χ0) is 16.4. The molecule has 4 nitrogen and oxygen atoms in total. The van der Waals surface area contributed by atoms with E-state index in [9.17, 15) is 9.59 Å². The van der Waals surface area contributed by atoms with Crippen LogP contribution in [0.1, 0.15) is 11.4 Å². The fourth-order valence-corrected chi connectivity index (χ4v) is 3.35. The van der Waals surface area contributed by atoms with Crippen LogP contribution in [-0.4, -0.2) is 27.2 Å². The highest BCUT2D eigenvalue weighted by Gasteiger charge is 2.34. The van der Waals surface area contributed by atoms with Gasteiger partial charge < -0.3 is 4.57 Å². The number of nitrogens with zero attached hydrogens (tertiary/aromatic N) is 2. The molecule has 0 unspecified atom stereocenters. The lowest BCUT2D eigenvalue weighted by atomic mass is 10.3. The molecule has 116 valence electrons. The van der Waals surface area contributed by atoms with Gasteiger partial charge in [0.1, 0.15) is 0 Å². The molecule has 1 saturated heterocycles. The van der Waals surface area contributed by atoms with Crippen molar-refractivity contribution in [2.24, 2.45) is 0 Å². The number of rotatable bonds is 4. The number of hydrogen-bond donors (Lipinski definition) is 0. The molecule has 1 fully saturated rings. The zero-order valence-corrected chi connectivity index (χ0v) is 13.5. The molecule has 0 N–H and O–H groups in total. The summed E-state index contributed by atoms with van der Waals surface area (Å²) in [6.45, 7) is 5.82. The van der Waals surface area contributed by atoms with Crippen LogP contribution in [0.25, 0.3) is 11.8 Å². The molecular weight excluding hydrogens is 308 g/mol. The molecule has 0 aliphatic carbocycles. The number of amides is 2. The first kappa shape index (κ1) is 15.4. The van der Waals surface area contributed by atoms with Crippen molar-refractivity contribution in [3.63, 3.8) is 0 Å². The molecule has 2 aromatic rings. The van der Waals surface area contributed by atoms with Crippen LogP contribution in [0.3, 0.4) is 0 Å². The highest BCUT2D eigenvalue weighted by atomic mass is 32.2. The minimum absolute atomic E-state index is 0.237. The van der Waals surface area contributed by atoms with Crippen LogP contribution in [0.5, 0.6) is 0 Å². The van der Waals surface area contributed by atoms with Crippen LogP contribution in [0, 0.1) is 6.92 Å². The second kappa shape index (κ2) is 6.30. The van der Waals surface area contributed by atoms with Gasteiger partial charge in [-0.15, -0.1) is 6.58 Å². The van der Waals surface area contributed by atoms with Gasteiger partial charge in [0.25, 0.3) is 11.1 Å². The van der Waals surface area contributed by atoms with Crippen molar-refractivity contribution >= 4 is 29.0 Å². The Hall–Kier alpha value is -2.53. The Morgan fingerprint density at radius 3 is 2.57 bits per heavy atom. The number of benzene rings is 1. The molecule has 3 rings (SSSR count). The summed E-state index contributed by atoms with van der Waals surface area (Å²) in [5, 5.41) is -0.254. The molecule has 0 bridgehead atoms. The number of aryl methyl sites for hydroxylation is 1. The maximum Gasteiger partial charge on any atom is 0.293 e. The first-order chi connectivity index (χ1) is 11.1. The van der Waals surface area contributed by atoms with Gasteiger partial charge in [0.15, 0.2) is 0 Å². The van der Waals surface area contributed by atoms with Crippen LogP contribution in [0.15, 0.2) is 60.0 Å². The third-order valence-electron chi connectivity index (χ3n) is 3.58. The third kappa shape index (κ3) is 2.87.